The lowest BCUT2D eigenvalue weighted by Crippen LogP contribution is -2.50. The lowest BCUT2D eigenvalue weighted by molar-refractivity contribution is -0.135. The van der Waals surface area contributed by atoms with Crippen LogP contribution in [-0.4, -0.2) is 37.5 Å². The molecule has 1 heterocycles. The Hall–Kier alpha value is -0.560. The standard InChI is InChI=1S/C16H23BrN2O2S/c1-12(22-14-4-2-13(17)3-5-14)10-19-15(20)16(11-18)6-8-21-9-7-16/h2-5,12H,6-11,18H2,1H3,(H,19,20). The Labute approximate surface area is 144 Å². The number of nitrogens with one attached hydrogen (secondary N) is 1. The highest BCUT2D eigenvalue weighted by Crippen LogP contribution is 2.30. The molecule has 1 aromatic rings. The highest BCUT2D eigenvalue weighted by atomic mass is 79.9. The number of carbonyl (C=O) groups excluding carboxylic acids is 1. The summed E-state index contributed by atoms with van der Waals surface area (Å²) in [6, 6.07) is 8.21. The summed E-state index contributed by atoms with van der Waals surface area (Å²) in [6.45, 7) is 4.38. The third-order valence-electron chi connectivity index (χ3n) is 4.02. The second-order valence-electron chi connectivity index (χ2n) is 5.69. The predicted octanol–water partition coefficient (Wildman–Crippen LogP) is 2.80. The van der Waals surface area contributed by atoms with Crippen LogP contribution in [0.5, 0.6) is 0 Å². The smallest absolute Gasteiger partial charge is 0.227 e. The van der Waals surface area contributed by atoms with Crippen LogP contribution < -0.4 is 11.1 Å². The number of benzene rings is 1. The number of nitrogens with two attached hydrogens (primary N) is 1. The van der Waals surface area contributed by atoms with Gasteiger partial charge in [-0.2, -0.15) is 0 Å². The number of rotatable bonds is 6. The van der Waals surface area contributed by atoms with Crippen molar-refractivity contribution < 1.29 is 9.53 Å². The first-order chi connectivity index (χ1) is 10.6. The minimum Gasteiger partial charge on any atom is -0.381 e. The normalized spacial score (nSPS) is 18.7. The Kier molecular flexibility index (Phi) is 6.74. The summed E-state index contributed by atoms with van der Waals surface area (Å²) in [5, 5.41) is 3.38. The van der Waals surface area contributed by atoms with E-state index in [4.69, 9.17) is 10.5 Å². The number of thioether (sulfide) groups is 1. The minimum atomic E-state index is -0.444. The third-order valence-corrected chi connectivity index (χ3v) is 5.67. The van der Waals surface area contributed by atoms with Crippen molar-refractivity contribution in [1.82, 2.24) is 5.32 Å². The zero-order valence-electron chi connectivity index (χ0n) is 12.8. The molecular formula is C16H23BrN2O2S. The van der Waals surface area contributed by atoms with Crippen molar-refractivity contribution in [3.05, 3.63) is 28.7 Å². The van der Waals surface area contributed by atoms with E-state index < -0.39 is 5.41 Å². The van der Waals surface area contributed by atoms with E-state index in [1.54, 1.807) is 11.8 Å². The highest BCUT2D eigenvalue weighted by Gasteiger charge is 2.38. The van der Waals surface area contributed by atoms with Crippen LogP contribution in [0.2, 0.25) is 0 Å². The second-order valence-corrected chi connectivity index (χ2v) is 8.12. The van der Waals surface area contributed by atoms with Gasteiger partial charge in [-0.05, 0) is 37.1 Å². The largest absolute Gasteiger partial charge is 0.381 e. The molecule has 1 unspecified atom stereocenters. The van der Waals surface area contributed by atoms with Crippen LogP contribution in [0, 0.1) is 5.41 Å². The van der Waals surface area contributed by atoms with Gasteiger partial charge in [-0.1, -0.05) is 22.9 Å². The van der Waals surface area contributed by atoms with E-state index in [-0.39, 0.29) is 5.91 Å². The van der Waals surface area contributed by atoms with E-state index in [1.807, 2.05) is 12.1 Å². The third kappa shape index (κ3) is 4.72. The lowest BCUT2D eigenvalue weighted by Gasteiger charge is -2.34. The molecule has 0 aromatic heterocycles. The molecular weight excluding hydrogens is 364 g/mol. The summed E-state index contributed by atoms with van der Waals surface area (Å²) in [7, 11) is 0. The van der Waals surface area contributed by atoms with Crippen LogP contribution in [-0.2, 0) is 9.53 Å². The molecule has 2 rings (SSSR count). The summed E-state index contributed by atoms with van der Waals surface area (Å²) >= 11 is 5.19. The van der Waals surface area contributed by atoms with E-state index in [9.17, 15) is 4.79 Å². The van der Waals surface area contributed by atoms with Crippen LogP contribution in [0.15, 0.2) is 33.6 Å². The Bertz CT molecular complexity index is 489. The molecule has 4 nitrogen and oxygen atoms in total. The van der Waals surface area contributed by atoms with Crippen LogP contribution in [0.1, 0.15) is 19.8 Å². The van der Waals surface area contributed by atoms with Crippen LogP contribution in [0.4, 0.5) is 0 Å². The van der Waals surface area contributed by atoms with Crippen molar-refractivity contribution in [1.29, 1.82) is 0 Å². The molecule has 1 fully saturated rings. The summed E-state index contributed by atoms with van der Waals surface area (Å²) in [6.07, 6.45) is 1.42. The second kappa shape index (κ2) is 8.34. The molecule has 6 heteroatoms. The number of ether oxygens (including phenoxy) is 1. The van der Waals surface area contributed by atoms with Crippen molar-refractivity contribution in [3.8, 4) is 0 Å². The van der Waals surface area contributed by atoms with Gasteiger partial charge >= 0.3 is 0 Å². The topological polar surface area (TPSA) is 64.4 Å². The molecule has 1 aliphatic heterocycles. The zero-order valence-corrected chi connectivity index (χ0v) is 15.2. The van der Waals surface area contributed by atoms with E-state index >= 15 is 0 Å². The molecule has 122 valence electrons. The van der Waals surface area contributed by atoms with Gasteiger partial charge in [0.05, 0.1) is 5.41 Å². The number of carbonyl (C=O) groups is 1. The average Bonchev–Trinajstić information content (AvgIpc) is 2.55. The van der Waals surface area contributed by atoms with Gasteiger partial charge in [-0.15, -0.1) is 11.8 Å². The van der Waals surface area contributed by atoms with Gasteiger partial charge in [0, 0.05) is 40.9 Å². The SMILES string of the molecule is CC(CNC(=O)C1(CN)CCOCC1)Sc1ccc(Br)cc1. The van der Waals surface area contributed by atoms with Gasteiger partial charge in [0.25, 0.3) is 0 Å². The van der Waals surface area contributed by atoms with Crippen molar-refractivity contribution in [2.45, 2.75) is 29.9 Å². The fourth-order valence-electron chi connectivity index (χ4n) is 2.50. The number of halogens is 1. The van der Waals surface area contributed by atoms with E-state index in [1.165, 1.54) is 4.90 Å². The molecule has 0 aliphatic carbocycles. The lowest BCUT2D eigenvalue weighted by atomic mass is 9.79. The number of hydrogen-bond acceptors (Lipinski definition) is 4. The molecule has 1 atom stereocenters. The Balaban J connectivity index is 1.83. The Morgan fingerprint density at radius 3 is 2.64 bits per heavy atom. The molecule has 22 heavy (non-hydrogen) atoms. The van der Waals surface area contributed by atoms with Crippen molar-refractivity contribution in [2.75, 3.05) is 26.3 Å². The van der Waals surface area contributed by atoms with Gasteiger partial charge in [-0.25, -0.2) is 0 Å². The summed E-state index contributed by atoms with van der Waals surface area (Å²) < 4.78 is 6.42. The average molecular weight is 387 g/mol. The molecule has 1 aliphatic rings. The highest BCUT2D eigenvalue weighted by molar-refractivity contribution is 9.10. The van der Waals surface area contributed by atoms with Gasteiger partial charge in [0.2, 0.25) is 5.91 Å². The first kappa shape index (κ1) is 17.8. The first-order valence-electron chi connectivity index (χ1n) is 7.54. The predicted molar refractivity (Wildman–Crippen MR) is 94.0 cm³/mol. The molecule has 3 N–H and O–H groups in total. The molecule has 1 aromatic carbocycles. The fraction of sp³-hybridized carbons (Fsp3) is 0.562. The summed E-state index contributed by atoms with van der Waals surface area (Å²) in [5.74, 6) is 0.0709. The summed E-state index contributed by atoms with van der Waals surface area (Å²) in [5.41, 5.74) is 5.41. The van der Waals surface area contributed by atoms with Gasteiger partial charge in [-0.3, -0.25) is 4.79 Å². The van der Waals surface area contributed by atoms with E-state index in [0.29, 0.717) is 44.4 Å². The monoisotopic (exact) mass is 386 g/mol. The Morgan fingerprint density at radius 1 is 1.41 bits per heavy atom. The zero-order chi connectivity index (χ0) is 16.0. The van der Waals surface area contributed by atoms with Gasteiger partial charge in [0.15, 0.2) is 0 Å². The van der Waals surface area contributed by atoms with Crippen molar-refractivity contribution in [3.63, 3.8) is 0 Å². The molecule has 1 saturated heterocycles. The van der Waals surface area contributed by atoms with E-state index in [2.05, 4.69) is 40.3 Å². The van der Waals surface area contributed by atoms with Crippen molar-refractivity contribution in [2.24, 2.45) is 11.1 Å². The fourth-order valence-corrected chi connectivity index (χ4v) is 3.69. The summed E-state index contributed by atoms with van der Waals surface area (Å²) in [4.78, 5) is 13.7. The maximum atomic E-state index is 12.5. The maximum Gasteiger partial charge on any atom is 0.227 e. The maximum absolute atomic E-state index is 12.5. The molecule has 1 amide bonds. The molecule has 0 bridgehead atoms. The molecule has 0 spiro atoms. The first-order valence-corrected chi connectivity index (χ1v) is 9.21. The van der Waals surface area contributed by atoms with Gasteiger partial charge in [0.1, 0.15) is 0 Å². The van der Waals surface area contributed by atoms with Gasteiger partial charge < -0.3 is 15.8 Å². The minimum absolute atomic E-state index is 0.0709. The van der Waals surface area contributed by atoms with Crippen LogP contribution in [0.25, 0.3) is 0 Å². The Morgan fingerprint density at radius 2 is 2.05 bits per heavy atom. The molecule has 0 saturated carbocycles. The molecule has 0 radical (unpaired) electrons. The number of amides is 1. The van der Waals surface area contributed by atoms with Crippen molar-refractivity contribution >= 4 is 33.6 Å². The van der Waals surface area contributed by atoms with Crippen LogP contribution in [0.3, 0.4) is 0 Å². The van der Waals surface area contributed by atoms with E-state index in [0.717, 1.165) is 4.47 Å². The quantitative estimate of drug-likeness (QED) is 0.737. The number of hydrogen-bond donors (Lipinski definition) is 2. The van der Waals surface area contributed by atoms with Crippen LogP contribution >= 0.6 is 27.7 Å².